The van der Waals surface area contributed by atoms with Gasteiger partial charge in [0, 0.05) is 29.3 Å². The van der Waals surface area contributed by atoms with E-state index in [2.05, 4.69) is 16.4 Å². The van der Waals surface area contributed by atoms with Crippen molar-refractivity contribution in [2.75, 3.05) is 0 Å². The van der Waals surface area contributed by atoms with Crippen LogP contribution in [0.5, 0.6) is 0 Å². The number of Topliss-reactive ketones (excluding diaryl/α,β-unsaturated/α-hetero) is 1. The molecule has 0 radical (unpaired) electrons. The van der Waals surface area contributed by atoms with Crippen LogP contribution in [0, 0.1) is 6.92 Å². The van der Waals surface area contributed by atoms with Crippen LogP contribution in [0.3, 0.4) is 0 Å². The second-order valence-electron chi connectivity index (χ2n) is 4.11. The van der Waals surface area contributed by atoms with Crippen LogP contribution in [0.1, 0.15) is 33.6 Å². The number of hydrogen-bond acceptors (Lipinski definition) is 3. The summed E-state index contributed by atoms with van der Waals surface area (Å²) in [5.41, 5.74) is 1.77. The molecule has 0 bridgehead atoms. The fourth-order valence-electron chi connectivity index (χ4n) is 1.73. The summed E-state index contributed by atoms with van der Waals surface area (Å²) < 4.78 is 0. The van der Waals surface area contributed by atoms with E-state index in [1.54, 1.807) is 23.7 Å². The zero-order valence-electron chi connectivity index (χ0n) is 9.85. The summed E-state index contributed by atoms with van der Waals surface area (Å²) in [4.78, 5) is 17.3. The molecule has 88 valence electrons. The number of pyridine rings is 1. The average Bonchev–Trinajstić information content (AvgIpc) is 2.82. The quantitative estimate of drug-likeness (QED) is 0.752. The van der Waals surface area contributed by atoms with Gasteiger partial charge in [-0.15, -0.1) is 11.3 Å². The largest absolute Gasteiger partial charge is 0.294 e. The molecular formula is C14H15NOS. The third kappa shape index (κ3) is 3.49. The first-order valence-electron chi connectivity index (χ1n) is 5.73. The molecule has 17 heavy (non-hydrogen) atoms. The number of rotatable bonds is 5. The lowest BCUT2D eigenvalue weighted by molar-refractivity contribution is 0.0980. The van der Waals surface area contributed by atoms with Gasteiger partial charge in [0.1, 0.15) is 0 Å². The normalized spacial score (nSPS) is 10.4. The number of thiophene rings is 1. The number of ketones is 1. The average molecular weight is 245 g/mol. The molecule has 0 saturated carbocycles. The van der Waals surface area contributed by atoms with Gasteiger partial charge >= 0.3 is 0 Å². The van der Waals surface area contributed by atoms with Crippen LogP contribution in [-0.4, -0.2) is 10.8 Å². The zero-order valence-corrected chi connectivity index (χ0v) is 10.7. The van der Waals surface area contributed by atoms with E-state index in [1.165, 1.54) is 4.88 Å². The van der Waals surface area contributed by atoms with Crippen LogP contribution in [0.25, 0.3) is 0 Å². The van der Waals surface area contributed by atoms with E-state index < -0.39 is 0 Å². The van der Waals surface area contributed by atoms with Crippen LogP contribution in [0.15, 0.2) is 36.0 Å². The van der Waals surface area contributed by atoms with E-state index in [-0.39, 0.29) is 5.78 Å². The molecule has 2 rings (SSSR count). The Balaban J connectivity index is 1.85. The van der Waals surface area contributed by atoms with Crippen LogP contribution < -0.4 is 0 Å². The van der Waals surface area contributed by atoms with Crippen molar-refractivity contribution in [3.8, 4) is 0 Å². The van der Waals surface area contributed by atoms with E-state index >= 15 is 0 Å². The van der Waals surface area contributed by atoms with Gasteiger partial charge in [-0.25, -0.2) is 0 Å². The molecule has 2 nitrogen and oxygen atoms in total. The van der Waals surface area contributed by atoms with Crippen molar-refractivity contribution in [2.24, 2.45) is 0 Å². The zero-order chi connectivity index (χ0) is 12.1. The molecule has 0 amide bonds. The Morgan fingerprint density at radius 3 is 3.00 bits per heavy atom. The summed E-state index contributed by atoms with van der Waals surface area (Å²) in [6.07, 6.45) is 5.92. The minimum Gasteiger partial charge on any atom is -0.294 e. The topological polar surface area (TPSA) is 30.0 Å². The standard InChI is InChI=1S/C14H15NOS/c1-11-8-12(10-15-9-11)14(16)6-2-4-13-5-3-7-17-13/h3,5,7-10H,2,4,6H2,1H3. The molecule has 2 aromatic heterocycles. The minimum absolute atomic E-state index is 0.192. The molecule has 0 spiro atoms. The summed E-state index contributed by atoms with van der Waals surface area (Å²) >= 11 is 1.75. The van der Waals surface area contributed by atoms with Crippen molar-refractivity contribution in [1.82, 2.24) is 4.98 Å². The Labute approximate surface area is 105 Å². The number of hydrogen-bond donors (Lipinski definition) is 0. The van der Waals surface area contributed by atoms with Gasteiger partial charge in [0.05, 0.1) is 0 Å². The van der Waals surface area contributed by atoms with Crippen LogP contribution in [0.2, 0.25) is 0 Å². The van der Waals surface area contributed by atoms with Crippen molar-refractivity contribution in [3.63, 3.8) is 0 Å². The van der Waals surface area contributed by atoms with E-state index in [4.69, 9.17) is 0 Å². The van der Waals surface area contributed by atoms with Crippen molar-refractivity contribution in [3.05, 3.63) is 52.0 Å². The minimum atomic E-state index is 0.192. The number of nitrogens with zero attached hydrogens (tertiary/aromatic N) is 1. The van der Waals surface area contributed by atoms with Crippen LogP contribution in [-0.2, 0) is 6.42 Å². The van der Waals surface area contributed by atoms with Gasteiger partial charge in [-0.3, -0.25) is 9.78 Å². The van der Waals surface area contributed by atoms with Crippen LogP contribution in [0.4, 0.5) is 0 Å². The molecule has 0 aliphatic heterocycles. The van der Waals surface area contributed by atoms with Crippen LogP contribution >= 0.6 is 11.3 Å². The van der Waals surface area contributed by atoms with Gasteiger partial charge in [0.2, 0.25) is 0 Å². The lowest BCUT2D eigenvalue weighted by Crippen LogP contribution is -2.00. The number of carbonyl (C=O) groups excluding carboxylic acids is 1. The third-order valence-corrected chi connectivity index (χ3v) is 3.54. The predicted molar refractivity (Wildman–Crippen MR) is 70.6 cm³/mol. The first-order valence-corrected chi connectivity index (χ1v) is 6.61. The predicted octanol–water partition coefficient (Wildman–Crippen LogP) is 3.66. The fourth-order valence-corrected chi connectivity index (χ4v) is 2.48. The van der Waals surface area contributed by atoms with Gasteiger partial charge < -0.3 is 0 Å². The maximum Gasteiger partial charge on any atom is 0.164 e. The van der Waals surface area contributed by atoms with E-state index in [9.17, 15) is 4.79 Å². The lowest BCUT2D eigenvalue weighted by Gasteiger charge is -2.01. The second-order valence-corrected chi connectivity index (χ2v) is 5.14. The Kier molecular flexibility index (Phi) is 4.04. The highest BCUT2D eigenvalue weighted by Gasteiger charge is 2.06. The highest BCUT2D eigenvalue weighted by molar-refractivity contribution is 7.09. The molecule has 0 aliphatic rings. The Morgan fingerprint density at radius 1 is 1.41 bits per heavy atom. The second kappa shape index (κ2) is 5.73. The van der Waals surface area contributed by atoms with E-state index in [0.717, 1.165) is 24.0 Å². The van der Waals surface area contributed by atoms with Gasteiger partial charge in [0.15, 0.2) is 5.78 Å². The molecule has 0 aromatic carbocycles. The monoisotopic (exact) mass is 245 g/mol. The Bertz CT molecular complexity index is 491. The van der Waals surface area contributed by atoms with Gasteiger partial charge in [-0.05, 0) is 42.8 Å². The SMILES string of the molecule is Cc1cncc(C(=O)CCCc2cccs2)c1. The molecule has 0 saturated heterocycles. The third-order valence-electron chi connectivity index (χ3n) is 2.60. The lowest BCUT2D eigenvalue weighted by atomic mass is 10.1. The number of carbonyl (C=O) groups is 1. The molecule has 0 atom stereocenters. The first kappa shape index (κ1) is 12.0. The number of aromatic nitrogens is 1. The molecule has 0 unspecified atom stereocenters. The summed E-state index contributed by atoms with van der Waals surface area (Å²) in [6, 6.07) is 6.07. The van der Waals surface area contributed by atoms with Gasteiger partial charge in [-0.1, -0.05) is 6.07 Å². The molecule has 3 heteroatoms. The summed E-state index contributed by atoms with van der Waals surface area (Å²) in [5.74, 6) is 0.192. The van der Waals surface area contributed by atoms with Crippen molar-refractivity contribution in [2.45, 2.75) is 26.2 Å². The molecule has 2 aromatic rings. The summed E-state index contributed by atoms with van der Waals surface area (Å²) in [6.45, 7) is 1.95. The Hall–Kier alpha value is -1.48. The van der Waals surface area contributed by atoms with Crippen molar-refractivity contribution in [1.29, 1.82) is 0 Å². The molecule has 2 heterocycles. The maximum absolute atomic E-state index is 11.9. The number of aryl methyl sites for hydroxylation is 2. The fraction of sp³-hybridized carbons (Fsp3) is 0.286. The smallest absolute Gasteiger partial charge is 0.164 e. The van der Waals surface area contributed by atoms with Crippen molar-refractivity contribution >= 4 is 17.1 Å². The molecule has 0 aliphatic carbocycles. The molecule has 0 N–H and O–H groups in total. The highest BCUT2D eigenvalue weighted by atomic mass is 32.1. The molecular weight excluding hydrogens is 230 g/mol. The first-order chi connectivity index (χ1) is 8.25. The maximum atomic E-state index is 11.9. The van der Waals surface area contributed by atoms with E-state index in [0.29, 0.717) is 6.42 Å². The van der Waals surface area contributed by atoms with Gasteiger partial charge in [-0.2, -0.15) is 0 Å². The van der Waals surface area contributed by atoms with Crippen molar-refractivity contribution < 1.29 is 4.79 Å². The molecule has 0 fully saturated rings. The van der Waals surface area contributed by atoms with Gasteiger partial charge in [0.25, 0.3) is 0 Å². The van der Waals surface area contributed by atoms with E-state index in [1.807, 2.05) is 19.1 Å². The Morgan fingerprint density at radius 2 is 2.29 bits per heavy atom. The summed E-state index contributed by atoms with van der Waals surface area (Å²) in [7, 11) is 0. The highest BCUT2D eigenvalue weighted by Crippen LogP contribution is 2.13. The summed E-state index contributed by atoms with van der Waals surface area (Å²) in [5, 5.41) is 2.07.